The van der Waals surface area contributed by atoms with Gasteiger partial charge in [-0.25, -0.2) is 19.6 Å². The summed E-state index contributed by atoms with van der Waals surface area (Å²) in [7, 11) is 0. The van der Waals surface area contributed by atoms with E-state index in [0.29, 0.717) is 75.0 Å². The quantitative estimate of drug-likeness (QED) is 0.0129. The van der Waals surface area contributed by atoms with Crippen LogP contribution in [0.3, 0.4) is 0 Å². The molecule has 3 aromatic carbocycles. The van der Waals surface area contributed by atoms with Crippen LogP contribution < -0.4 is 19.2 Å². The zero-order chi connectivity index (χ0) is 45.8. The van der Waals surface area contributed by atoms with Gasteiger partial charge in [-0.3, -0.25) is 4.79 Å². The highest BCUT2D eigenvalue weighted by Gasteiger charge is 2.33. The maximum absolute atomic E-state index is 13.9. The number of hydrogen-bond acceptors (Lipinski definition) is 13. The summed E-state index contributed by atoms with van der Waals surface area (Å²) in [6, 6.07) is 21.3. The minimum absolute atomic E-state index is 0.133. The highest BCUT2D eigenvalue weighted by atomic mass is 32.1. The lowest BCUT2D eigenvalue weighted by Crippen LogP contribution is -2.33. The second kappa shape index (κ2) is 25.8. The van der Waals surface area contributed by atoms with Crippen molar-refractivity contribution in [2.45, 2.75) is 115 Å². The molecule has 2 aliphatic carbocycles. The maximum Gasteiger partial charge on any atom is 0.330 e. The van der Waals surface area contributed by atoms with E-state index >= 15 is 0 Å². The Kier molecular flexibility index (Phi) is 19.4. The van der Waals surface area contributed by atoms with Crippen molar-refractivity contribution in [3.05, 3.63) is 103 Å². The van der Waals surface area contributed by atoms with Crippen LogP contribution in [-0.2, 0) is 23.9 Å². The molecule has 1 N–H and O–H groups in total. The predicted molar refractivity (Wildman–Crippen MR) is 256 cm³/mol. The lowest BCUT2D eigenvalue weighted by atomic mass is 9.77. The Morgan fingerprint density at radius 1 is 0.831 bits per heavy atom. The third kappa shape index (κ3) is 15.3. The molecule has 2 fully saturated rings. The number of hydrogen-bond donors (Lipinski definition) is 1. The molecule has 1 aromatic heterocycles. The minimum Gasteiger partial charge on any atom is -0.493 e. The second-order valence-corrected chi connectivity index (χ2v) is 18.0. The van der Waals surface area contributed by atoms with E-state index in [1.807, 2.05) is 35.5 Å². The molecular weight excluding hydrogens is 843 g/mol. The second-order valence-electron chi connectivity index (χ2n) is 17.0. The van der Waals surface area contributed by atoms with Crippen LogP contribution >= 0.6 is 11.3 Å². The number of hydrazone groups is 1. The summed E-state index contributed by atoms with van der Waals surface area (Å²) in [5, 5.41) is 18.8. The summed E-state index contributed by atoms with van der Waals surface area (Å²) in [6.45, 7) is 10.7. The maximum atomic E-state index is 13.9. The van der Waals surface area contributed by atoms with Crippen molar-refractivity contribution >= 4 is 50.8 Å². The number of anilines is 1. The van der Waals surface area contributed by atoms with Gasteiger partial charge in [0.1, 0.15) is 17.2 Å². The van der Waals surface area contributed by atoms with Crippen LogP contribution in [0.5, 0.6) is 17.2 Å². The van der Waals surface area contributed by atoms with Crippen molar-refractivity contribution in [3.63, 3.8) is 0 Å². The van der Waals surface area contributed by atoms with Crippen molar-refractivity contribution in [2.24, 2.45) is 22.9 Å². The van der Waals surface area contributed by atoms with E-state index in [2.05, 4.69) is 38.3 Å². The fourth-order valence-corrected chi connectivity index (χ4v) is 9.57. The zero-order valence-electron chi connectivity index (χ0n) is 37.8. The average Bonchev–Trinajstić information content (AvgIpc) is 3.77. The van der Waals surface area contributed by atoms with E-state index in [-0.39, 0.29) is 24.4 Å². The lowest BCUT2D eigenvalue weighted by Gasteiger charge is -2.30. The van der Waals surface area contributed by atoms with Gasteiger partial charge in [0.2, 0.25) is 5.13 Å². The third-order valence-corrected chi connectivity index (χ3v) is 13.4. The number of unbranched alkanes of at least 4 members (excludes halogenated alkanes) is 3. The van der Waals surface area contributed by atoms with E-state index in [1.54, 1.807) is 35.6 Å². The largest absolute Gasteiger partial charge is 0.493 e. The number of esters is 3. The number of benzene rings is 3. The normalized spacial score (nSPS) is 19.0. The number of aliphatic hydroxyl groups is 1. The minimum atomic E-state index is -1.02. The molecule has 13 heteroatoms. The van der Waals surface area contributed by atoms with E-state index in [9.17, 15) is 19.5 Å². The van der Waals surface area contributed by atoms with Crippen LogP contribution in [0.15, 0.2) is 97.1 Å². The van der Waals surface area contributed by atoms with Crippen LogP contribution in [0, 0.1) is 17.8 Å². The molecule has 0 bridgehead atoms. The Morgan fingerprint density at radius 3 is 2.23 bits per heavy atom. The van der Waals surface area contributed by atoms with Crippen LogP contribution in [-0.4, -0.2) is 66.9 Å². The highest BCUT2D eigenvalue weighted by Crippen LogP contribution is 2.39. The first-order valence-corrected chi connectivity index (χ1v) is 24.2. The molecule has 1 heterocycles. The Labute approximate surface area is 387 Å². The number of para-hydroxylation sites is 1. The number of carbonyl (C=O) groups is 3. The lowest BCUT2D eigenvalue weighted by molar-refractivity contribution is -0.142. The monoisotopic (exact) mass is 907 g/mol. The molecule has 1 atom stereocenters. The van der Waals surface area contributed by atoms with Gasteiger partial charge < -0.3 is 28.8 Å². The number of carbonyl (C=O) groups excluding carboxylic acids is 3. The van der Waals surface area contributed by atoms with Crippen LogP contribution in [0.1, 0.15) is 120 Å². The third-order valence-electron chi connectivity index (χ3n) is 12.3. The molecule has 348 valence electrons. The smallest absolute Gasteiger partial charge is 0.330 e. The van der Waals surface area contributed by atoms with Gasteiger partial charge in [-0.15, -0.1) is 0 Å². The molecular formula is C52H65N3O9S. The van der Waals surface area contributed by atoms with Gasteiger partial charge >= 0.3 is 17.9 Å². The van der Waals surface area contributed by atoms with Gasteiger partial charge in [0.15, 0.2) is 6.29 Å². The van der Waals surface area contributed by atoms with Crippen LogP contribution in [0.4, 0.5) is 5.13 Å². The Bertz CT molecular complexity index is 2140. The molecule has 0 aliphatic heterocycles. The molecule has 2 aliphatic rings. The van der Waals surface area contributed by atoms with E-state index in [0.717, 1.165) is 71.4 Å². The van der Waals surface area contributed by atoms with Crippen molar-refractivity contribution in [1.29, 1.82) is 0 Å². The molecule has 0 amide bonds. The Morgan fingerprint density at radius 2 is 1.52 bits per heavy atom. The number of aromatic nitrogens is 1. The predicted octanol–water partition coefficient (Wildman–Crippen LogP) is 11.1. The molecule has 0 spiro atoms. The topological polar surface area (TPSA) is 146 Å². The first-order valence-electron chi connectivity index (χ1n) is 23.4. The molecule has 0 radical (unpaired) electrons. The molecule has 65 heavy (non-hydrogen) atoms. The summed E-state index contributed by atoms with van der Waals surface area (Å²) in [5.74, 6) is 1.27. The molecule has 0 saturated heterocycles. The fourth-order valence-electron chi connectivity index (χ4n) is 8.62. The summed E-state index contributed by atoms with van der Waals surface area (Å²) in [5.41, 5.74) is 2.91. The number of nitrogens with zero attached hydrogens (tertiary/aromatic N) is 3. The van der Waals surface area contributed by atoms with Gasteiger partial charge in [0.25, 0.3) is 0 Å². The summed E-state index contributed by atoms with van der Waals surface area (Å²) < 4.78 is 29.1. The Balaban J connectivity index is 1.09. The fraction of sp³-hybridized carbons (Fsp3) is 0.481. The van der Waals surface area contributed by atoms with E-state index < -0.39 is 18.2 Å². The standard InChI is InChI=1S/C52H65N3O9S/c1-4-14-37-17-19-38(20-18-37)41-25-30-46(42(35-41)36-53-55(31-11-7-8-12-32-61-48(56)5-2)52-54-45-15-9-10-16-47(45)65-52)64-51(59)40-23-21-39(22-24-40)50(58)63-44-28-26-43(27-29-44)60-33-13-34-62-49(57)6-3/h5-6,9-10,15-16,25-30,35-40,50,58H,2-4,7-8,11-14,17-24,31-34H2,1H3/b53-36+. The van der Waals surface area contributed by atoms with Crippen LogP contribution in [0.25, 0.3) is 10.2 Å². The van der Waals surface area contributed by atoms with Gasteiger partial charge in [-0.05, 0) is 137 Å². The highest BCUT2D eigenvalue weighted by molar-refractivity contribution is 7.22. The van der Waals surface area contributed by atoms with Crippen molar-refractivity contribution in [1.82, 2.24) is 4.98 Å². The van der Waals surface area contributed by atoms with E-state index in [1.165, 1.54) is 37.3 Å². The number of fused-ring (bicyclic) bond motifs is 1. The van der Waals surface area contributed by atoms with Crippen molar-refractivity contribution < 1.29 is 43.2 Å². The number of rotatable bonds is 25. The van der Waals surface area contributed by atoms with Gasteiger partial charge in [0.05, 0.1) is 42.2 Å². The first kappa shape index (κ1) is 48.9. The molecule has 4 aromatic rings. The summed E-state index contributed by atoms with van der Waals surface area (Å²) in [6.07, 6.45) is 16.7. The van der Waals surface area contributed by atoms with Gasteiger partial charge in [0, 0.05) is 36.6 Å². The first-order chi connectivity index (χ1) is 31.7. The number of thiazole rings is 1. The van der Waals surface area contributed by atoms with Crippen molar-refractivity contribution in [2.75, 3.05) is 31.4 Å². The molecule has 1 unspecified atom stereocenters. The molecule has 6 rings (SSSR count). The van der Waals surface area contributed by atoms with E-state index in [4.69, 9.17) is 33.8 Å². The average molecular weight is 908 g/mol. The molecule has 12 nitrogen and oxygen atoms in total. The van der Waals surface area contributed by atoms with Crippen molar-refractivity contribution in [3.8, 4) is 17.2 Å². The number of aliphatic hydroxyl groups excluding tert-OH is 1. The molecule has 2 saturated carbocycles. The SMILES string of the molecule is C=CC(=O)OCCCCCCN(/N=C/c1cc(C2CCC(CCC)CC2)ccc1OC(=O)C1CCC(C(O)Oc2ccc(OCCCOC(=O)C=C)cc2)CC1)c1nc2ccccc2s1. The number of ether oxygens (including phenoxy) is 5. The van der Waals surface area contributed by atoms with Gasteiger partial charge in [-0.2, -0.15) is 5.10 Å². The van der Waals surface area contributed by atoms with Gasteiger partial charge in [-0.1, -0.05) is 68.9 Å². The summed E-state index contributed by atoms with van der Waals surface area (Å²) >= 11 is 1.59. The Hall–Kier alpha value is -5.53. The van der Waals surface area contributed by atoms with Crippen LogP contribution in [0.2, 0.25) is 0 Å². The summed E-state index contributed by atoms with van der Waals surface area (Å²) in [4.78, 5) is 41.4. The zero-order valence-corrected chi connectivity index (χ0v) is 38.6.